The van der Waals surface area contributed by atoms with Crippen molar-refractivity contribution in [2.24, 2.45) is 0 Å². The molecule has 138 valence electrons. The van der Waals surface area contributed by atoms with Crippen molar-refractivity contribution in [1.82, 2.24) is 10.3 Å². The molecule has 0 aliphatic heterocycles. The van der Waals surface area contributed by atoms with Crippen molar-refractivity contribution in [2.45, 2.75) is 6.42 Å². The van der Waals surface area contributed by atoms with Crippen LogP contribution in [0.5, 0.6) is 11.5 Å². The van der Waals surface area contributed by atoms with Crippen LogP contribution in [0.1, 0.15) is 16.1 Å². The summed E-state index contributed by atoms with van der Waals surface area (Å²) >= 11 is 0. The topological polar surface area (TPSA) is 60.5 Å². The van der Waals surface area contributed by atoms with Gasteiger partial charge in [0.25, 0.3) is 5.91 Å². The van der Waals surface area contributed by atoms with E-state index in [9.17, 15) is 4.79 Å². The maximum Gasteiger partial charge on any atom is 0.269 e. The molecule has 5 nitrogen and oxygen atoms in total. The van der Waals surface area contributed by atoms with Gasteiger partial charge in [0.15, 0.2) is 0 Å². The summed E-state index contributed by atoms with van der Waals surface area (Å²) in [6, 6.07) is 20.8. The fourth-order valence-electron chi connectivity index (χ4n) is 2.69. The van der Waals surface area contributed by atoms with Crippen molar-refractivity contribution in [3.05, 3.63) is 78.0 Å². The number of carbonyl (C=O) groups excluding carboxylic acids is 1. The summed E-state index contributed by atoms with van der Waals surface area (Å²) < 4.78 is 10.3. The van der Waals surface area contributed by atoms with Gasteiger partial charge in [-0.3, -0.25) is 4.79 Å². The molecule has 0 aliphatic rings. The van der Waals surface area contributed by atoms with E-state index in [1.807, 2.05) is 60.7 Å². The highest BCUT2D eigenvalue weighted by Crippen LogP contribution is 2.20. The van der Waals surface area contributed by atoms with Crippen LogP contribution in [0.3, 0.4) is 0 Å². The van der Waals surface area contributed by atoms with Gasteiger partial charge in [-0.25, -0.2) is 4.98 Å². The van der Waals surface area contributed by atoms with Crippen molar-refractivity contribution in [2.75, 3.05) is 20.8 Å². The van der Waals surface area contributed by atoms with Gasteiger partial charge in [0.05, 0.1) is 19.9 Å². The summed E-state index contributed by atoms with van der Waals surface area (Å²) in [5, 5.41) is 2.92. The number of rotatable bonds is 7. The van der Waals surface area contributed by atoms with Gasteiger partial charge in [-0.15, -0.1) is 0 Å². The van der Waals surface area contributed by atoms with Crippen LogP contribution in [0, 0.1) is 0 Å². The number of pyridine rings is 1. The summed E-state index contributed by atoms with van der Waals surface area (Å²) in [7, 11) is 3.27. The quantitative estimate of drug-likeness (QED) is 0.696. The minimum atomic E-state index is -0.182. The van der Waals surface area contributed by atoms with Crippen LogP contribution in [-0.4, -0.2) is 31.7 Å². The summed E-state index contributed by atoms with van der Waals surface area (Å²) in [5.74, 6) is 1.42. The molecule has 0 fully saturated rings. The van der Waals surface area contributed by atoms with Crippen LogP contribution in [-0.2, 0) is 6.42 Å². The maximum atomic E-state index is 12.4. The van der Waals surface area contributed by atoms with Crippen LogP contribution in [0.2, 0.25) is 0 Å². The number of benzene rings is 2. The third kappa shape index (κ3) is 4.85. The average molecular weight is 362 g/mol. The Morgan fingerprint density at radius 3 is 2.15 bits per heavy atom. The number of hydrogen-bond donors (Lipinski definition) is 1. The molecule has 0 aliphatic carbocycles. The van der Waals surface area contributed by atoms with Crippen LogP contribution >= 0.6 is 0 Å². The van der Waals surface area contributed by atoms with Gasteiger partial charge >= 0.3 is 0 Å². The maximum absolute atomic E-state index is 12.4. The lowest BCUT2D eigenvalue weighted by molar-refractivity contribution is 0.0949. The van der Waals surface area contributed by atoms with Crippen LogP contribution < -0.4 is 14.8 Å². The zero-order valence-corrected chi connectivity index (χ0v) is 15.4. The highest BCUT2D eigenvalue weighted by molar-refractivity contribution is 5.92. The lowest BCUT2D eigenvalue weighted by Crippen LogP contribution is -2.26. The van der Waals surface area contributed by atoms with Crippen LogP contribution in [0.4, 0.5) is 0 Å². The first-order chi connectivity index (χ1) is 13.2. The second-order valence-corrected chi connectivity index (χ2v) is 5.99. The number of amides is 1. The van der Waals surface area contributed by atoms with Crippen molar-refractivity contribution < 1.29 is 14.3 Å². The van der Waals surface area contributed by atoms with Gasteiger partial charge in [-0.1, -0.05) is 18.2 Å². The van der Waals surface area contributed by atoms with E-state index in [-0.39, 0.29) is 5.91 Å². The molecule has 1 aromatic heterocycles. The number of methoxy groups -OCH3 is 2. The first kappa shape index (κ1) is 18.5. The molecule has 1 amide bonds. The number of nitrogens with zero attached hydrogens (tertiary/aromatic N) is 1. The van der Waals surface area contributed by atoms with Gasteiger partial charge in [0.1, 0.15) is 17.2 Å². The van der Waals surface area contributed by atoms with E-state index in [0.29, 0.717) is 12.2 Å². The number of nitrogens with one attached hydrogen (secondary N) is 1. The largest absolute Gasteiger partial charge is 0.497 e. The van der Waals surface area contributed by atoms with Crippen molar-refractivity contribution in [3.8, 4) is 22.8 Å². The molecule has 3 aromatic rings. The second-order valence-electron chi connectivity index (χ2n) is 5.99. The smallest absolute Gasteiger partial charge is 0.269 e. The van der Waals surface area contributed by atoms with Gasteiger partial charge in [-0.05, 0) is 60.5 Å². The normalized spacial score (nSPS) is 10.3. The minimum absolute atomic E-state index is 0.182. The fraction of sp³-hybridized carbons (Fsp3) is 0.182. The zero-order chi connectivity index (χ0) is 19.1. The number of ether oxygens (including phenoxy) is 2. The molecule has 1 N–H and O–H groups in total. The zero-order valence-electron chi connectivity index (χ0n) is 15.4. The second kappa shape index (κ2) is 8.85. The summed E-state index contributed by atoms with van der Waals surface area (Å²) in [5.41, 5.74) is 3.22. The Balaban J connectivity index is 1.60. The summed E-state index contributed by atoms with van der Waals surface area (Å²) in [6.45, 7) is 0.541. The summed E-state index contributed by atoms with van der Waals surface area (Å²) in [4.78, 5) is 16.9. The SMILES string of the molecule is COc1ccc(CCNC(=O)c2cccc(-c3ccc(OC)cc3)n2)cc1. The van der Waals surface area contributed by atoms with Crippen molar-refractivity contribution >= 4 is 5.91 Å². The van der Waals surface area contributed by atoms with E-state index in [0.717, 1.165) is 34.7 Å². The average Bonchev–Trinajstić information content (AvgIpc) is 2.74. The Kier molecular flexibility index (Phi) is 6.05. The lowest BCUT2D eigenvalue weighted by atomic mass is 10.1. The van der Waals surface area contributed by atoms with E-state index in [1.54, 1.807) is 20.3 Å². The third-order valence-electron chi connectivity index (χ3n) is 4.23. The van der Waals surface area contributed by atoms with E-state index in [2.05, 4.69) is 10.3 Å². The summed E-state index contributed by atoms with van der Waals surface area (Å²) in [6.07, 6.45) is 0.744. The first-order valence-corrected chi connectivity index (χ1v) is 8.72. The molecule has 27 heavy (non-hydrogen) atoms. The van der Waals surface area contributed by atoms with Gasteiger partial charge in [-0.2, -0.15) is 0 Å². The highest BCUT2D eigenvalue weighted by atomic mass is 16.5. The first-order valence-electron chi connectivity index (χ1n) is 8.72. The monoisotopic (exact) mass is 362 g/mol. The van der Waals surface area contributed by atoms with Gasteiger partial charge in [0, 0.05) is 12.1 Å². The van der Waals surface area contributed by atoms with E-state index in [4.69, 9.17) is 9.47 Å². The predicted octanol–water partition coefficient (Wildman–Crippen LogP) is 3.74. The molecular formula is C22H22N2O3. The molecule has 0 atom stereocenters. The molecule has 0 unspecified atom stereocenters. The molecule has 2 aromatic carbocycles. The Labute approximate surface area is 159 Å². The van der Waals surface area contributed by atoms with Gasteiger partial charge < -0.3 is 14.8 Å². The Morgan fingerprint density at radius 1 is 0.889 bits per heavy atom. The molecule has 0 saturated heterocycles. The van der Waals surface area contributed by atoms with Crippen molar-refractivity contribution in [3.63, 3.8) is 0 Å². The molecule has 5 heteroatoms. The minimum Gasteiger partial charge on any atom is -0.497 e. The lowest BCUT2D eigenvalue weighted by Gasteiger charge is -2.08. The molecule has 0 bridgehead atoms. The molecule has 1 heterocycles. The van der Waals surface area contributed by atoms with E-state index >= 15 is 0 Å². The van der Waals surface area contributed by atoms with E-state index < -0.39 is 0 Å². The van der Waals surface area contributed by atoms with Crippen LogP contribution in [0.25, 0.3) is 11.3 Å². The number of carbonyl (C=O) groups is 1. The predicted molar refractivity (Wildman–Crippen MR) is 105 cm³/mol. The standard InChI is InChI=1S/C22H22N2O3/c1-26-18-10-6-16(7-11-18)14-15-23-22(25)21-5-3-4-20(24-21)17-8-12-19(27-2)13-9-17/h3-13H,14-15H2,1-2H3,(H,23,25). The fourth-order valence-corrected chi connectivity index (χ4v) is 2.69. The molecule has 0 saturated carbocycles. The Hall–Kier alpha value is -3.34. The number of hydrogen-bond acceptors (Lipinski definition) is 4. The molecule has 0 spiro atoms. The van der Waals surface area contributed by atoms with Crippen molar-refractivity contribution in [1.29, 1.82) is 0 Å². The third-order valence-corrected chi connectivity index (χ3v) is 4.23. The Morgan fingerprint density at radius 2 is 1.52 bits per heavy atom. The van der Waals surface area contributed by atoms with E-state index in [1.165, 1.54) is 0 Å². The highest BCUT2D eigenvalue weighted by Gasteiger charge is 2.09. The number of aromatic nitrogens is 1. The molecule has 3 rings (SSSR count). The van der Waals surface area contributed by atoms with Crippen LogP contribution in [0.15, 0.2) is 66.7 Å². The Bertz CT molecular complexity index is 890. The van der Waals surface area contributed by atoms with Gasteiger partial charge in [0.2, 0.25) is 0 Å². The molecule has 0 radical (unpaired) electrons. The molecular weight excluding hydrogens is 340 g/mol.